The molecule has 1 aromatic carbocycles. The van der Waals surface area contributed by atoms with Crippen LogP contribution in [-0.2, 0) is 4.79 Å². The summed E-state index contributed by atoms with van der Waals surface area (Å²) in [6.07, 6.45) is 2.17. The lowest BCUT2D eigenvalue weighted by molar-refractivity contribution is -0.113. The first kappa shape index (κ1) is 13.5. The topological polar surface area (TPSA) is 29.1 Å². The van der Waals surface area contributed by atoms with Crippen LogP contribution >= 0.6 is 35.2 Å². The number of halogens is 1. The van der Waals surface area contributed by atoms with Crippen molar-refractivity contribution in [2.45, 2.75) is 6.42 Å². The Kier molecular flexibility index (Phi) is 3.70. The van der Waals surface area contributed by atoms with E-state index in [0.29, 0.717) is 17.1 Å². The molecule has 2 heterocycles. The molecule has 100 valence electrons. The maximum absolute atomic E-state index is 11.7. The Hall–Kier alpha value is -1.49. The monoisotopic (exact) mass is 319 g/mol. The van der Waals surface area contributed by atoms with Crippen LogP contribution in [0.25, 0.3) is 16.5 Å². The summed E-state index contributed by atoms with van der Waals surface area (Å²) >= 11 is 12.5. The molecule has 0 aliphatic carbocycles. The van der Waals surface area contributed by atoms with Gasteiger partial charge in [-0.15, -0.1) is 11.3 Å². The van der Waals surface area contributed by atoms with Crippen LogP contribution in [-0.4, -0.2) is 10.8 Å². The van der Waals surface area contributed by atoms with Crippen molar-refractivity contribution < 1.29 is 4.79 Å². The summed E-state index contributed by atoms with van der Waals surface area (Å²) < 4.78 is 0. The molecule has 0 bridgehead atoms. The van der Waals surface area contributed by atoms with E-state index in [4.69, 9.17) is 23.8 Å². The van der Waals surface area contributed by atoms with Gasteiger partial charge >= 0.3 is 0 Å². The lowest BCUT2D eigenvalue weighted by Gasteiger charge is -1.97. The zero-order chi connectivity index (χ0) is 14.1. The average Bonchev–Trinajstić information content (AvgIpc) is 2.98. The van der Waals surface area contributed by atoms with Gasteiger partial charge in [-0.3, -0.25) is 4.79 Å². The Morgan fingerprint density at radius 3 is 2.60 bits per heavy atom. The smallest absolute Gasteiger partial charge is 0.185 e. The van der Waals surface area contributed by atoms with E-state index in [0.717, 1.165) is 20.3 Å². The van der Waals surface area contributed by atoms with E-state index in [-0.39, 0.29) is 5.78 Å². The third-order valence-corrected chi connectivity index (χ3v) is 4.52. The van der Waals surface area contributed by atoms with Gasteiger partial charge in [-0.2, -0.15) is 0 Å². The predicted octanol–water partition coefficient (Wildman–Crippen LogP) is 4.30. The molecule has 20 heavy (non-hydrogen) atoms. The van der Waals surface area contributed by atoms with Gasteiger partial charge < -0.3 is 5.32 Å². The summed E-state index contributed by atoms with van der Waals surface area (Å²) in [4.78, 5) is 14.4. The molecule has 1 aliphatic heterocycles. The third kappa shape index (κ3) is 2.82. The fraction of sp³-hybridized carbons (Fsp3) is 0.0667. The second-order valence-corrected chi connectivity index (χ2v) is 6.46. The molecule has 1 saturated heterocycles. The maximum atomic E-state index is 11.7. The largest absolute Gasteiger partial charge is 0.347 e. The van der Waals surface area contributed by atoms with Crippen molar-refractivity contribution in [2.75, 3.05) is 0 Å². The van der Waals surface area contributed by atoms with Gasteiger partial charge in [0, 0.05) is 14.8 Å². The zero-order valence-corrected chi connectivity index (χ0v) is 12.7. The van der Waals surface area contributed by atoms with E-state index in [1.165, 1.54) is 0 Å². The number of thiocarbonyl (C=S) groups is 1. The Labute approximate surface area is 131 Å². The molecule has 1 N–H and O–H groups in total. The molecule has 1 aromatic heterocycles. The molecule has 0 radical (unpaired) electrons. The van der Waals surface area contributed by atoms with Crippen molar-refractivity contribution in [3.8, 4) is 10.4 Å². The standard InChI is InChI=1S/C15H10ClNOS2/c16-10-3-1-9(2-4-10)14-6-5-11(20-14)7-12-13(18)8-15(19)17-12/h1-7H,8H2,(H,17,19)/b12-7+. The number of hydrogen-bond donors (Lipinski definition) is 1. The third-order valence-electron chi connectivity index (χ3n) is 2.94. The quantitative estimate of drug-likeness (QED) is 0.661. The maximum Gasteiger partial charge on any atom is 0.185 e. The summed E-state index contributed by atoms with van der Waals surface area (Å²) in [5.41, 5.74) is 1.70. The van der Waals surface area contributed by atoms with Gasteiger partial charge in [0.2, 0.25) is 0 Å². The Morgan fingerprint density at radius 1 is 1.20 bits per heavy atom. The number of Topliss-reactive ketones (excluding diaryl/α,β-unsaturated/α-hetero) is 1. The summed E-state index contributed by atoms with van der Waals surface area (Å²) in [5, 5.41) is 3.66. The van der Waals surface area contributed by atoms with Crippen LogP contribution in [0, 0.1) is 0 Å². The van der Waals surface area contributed by atoms with Crippen molar-refractivity contribution >= 4 is 52.0 Å². The van der Waals surface area contributed by atoms with Crippen LogP contribution in [0.2, 0.25) is 5.02 Å². The molecule has 3 rings (SSSR count). The van der Waals surface area contributed by atoms with Gasteiger partial charge in [0.05, 0.1) is 17.1 Å². The minimum Gasteiger partial charge on any atom is -0.347 e. The number of carbonyl (C=O) groups excluding carboxylic acids is 1. The SMILES string of the molecule is O=C1CC(=S)N/C1=C/c1ccc(-c2ccc(Cl)cc2)s1. The molecular weight excluding hydrogens is 310 g/mol. The van der Waals surface area contributed by atoms with Crippen LogP contribution in [0.4, 0.5) is 0 Å². The molecule has 0 amide bonds. The van der Waals surface area contributed by atoms with Crippen molar-refractivity contribution in [1.82, 2.24) is 5.32 Å². The van der Waals surface area contributed by atoms with Gasteiger partial charge in [0.1, 0.15) is 0 Å². The number of carbonyl (C=O) groups is 1. The van der Waals surface area contributed by atoms with E-state index in [9.17, 15) is 4.79 Å². The molecule has 0 unspecified atom stereocenters. The minimum absolute atomic E-state index is 0.0523. The lowest BCUT2D eigenvalue weighted by Crippen LogP contribution is -2.10. The van der Waals surface area contributed by atoms with E-state index in [1.54, 1.807) is 11.3 Å². The Bertz CT molecular complexity index is 716. The highest BCUT2D eigenvalue weighted by Gasteiger charge is 2.21. The van der Waals surface area contributed by atoms with Crippen LogP contribution in [0.1, 0.15) is 11.3 Å². The predicted molar refractivity (Wildman–Crippen MR) is 88.1 cm³/mol. The summed E-state index contributed by atoms with van der Waals surface area (Å²) in [7, 11) is 0. The van der Waals surface area contributed by atoms with E-state index >= 15 is 0 Å². The Balaban J connectivity index is 1.87. The molecule has 2 aromatic rings. The van der Waals surface area contributed by atoms with E-state index in [1.807, 2.05) is 42.5 Å². The van der Waals surface area contributed by atoms with Crippen LogP contribution in [0.3, 0.4) is 0 Å². The lowest BCUT2D eigenvalue weighted by atomic mass is 10.2. The van der Waals surface area contributed by atoms with Crippen molar-refractivity contribution in [1.29, 1.82) is 0 Å². The number of nitrogens with one attached hydrogen (secondary N) is 1. The van der Waals surface area contributed by atoms with Crippen molar-refractivity contribution in [3.63, 3.8) is 0 Å². The Morgan fingerprint density at radius 2 is 1.95 bits per heavy atom. The number of rotatable bonds is 2. The first-order valence-electron chi connectivity index (χ1n) is 6.02. The fourth-order valence-electron chi connectivity index (χ4n) is 1.96. The molecule has 0 saturated carbocycles. The van der Waals surface area contributed by atoms with Gasteiger partial charge in [0.25, 0.3) is 0 Å². The first-order valence-corrected chi connectivity index (χ1v) is 7.62. The van der Waals surface area contributed by atoms with Gasteiger partial charge in [-0.05, 0) is 35.9 Å². The van der Waals surface area contributed by atoms with Gasteiger partial charge in [-0.1, -0.05) is 36.0 Å². The molecular formula is C15H10ClNOS2. The van der Waals surface area contributed by atoms with Crippen molar-refractivity contribution in [2.24, 2.45) is 0 Å². The molecule has 0 atom stereocenters. The highest BCUT2D eigenvalue weighted by atomic mass is 35.5. The van der Waals surface area contributed by atoms with Crippen LogP contribution in [0.5, 0.6) is 0 Å². The molecule has 0 spiro atoms. The van der Waals surface area contributed by atoms with Crippen LogP contribution < -0.4 is 5.32 Å². The minimum atomic E-state index is 0.0523. The van der Waals surface area contributed by atoms with E-state index < -0.39 is 0 Å². The van der Waals surface area contributed by atoms with Crippen molar-refractivity contribution in [3.05, 3.63) is 52.0 Å². The summed E-state index contributed by atoms with van der Waals surface area (Å²) in [6, 6.07) is 11.7. The fourth-order valence-corrected chi connectivity index (χ4v) is 3.29. The number of thiophene rings is 1. The highest BCUT2D eigenvalue weighted by molar-refractivity contribution is 7.80. The number of hydrogen-bond acceptors (Lipinski definition) is 3. The highest BCUT2D eigenvalue weighted by Crippen LogP contribution is 2.30. The van der Waals surface area contributed by atoms with E-state index in [2.05, 4.69) is 5.32 Å². The number of benzene rings is 1. The average molecular weight is 320 g/mol. The molecule has 5 heteroatoms. The second kappa shape index (κ2) is 5.48. The molecule has 2 nitrogen and oxygen atoms in total. The number of allylic oxidation sites excluding steroid dienone is 1. The normalized spacial score (nSPS) is 16.8. The number of ketones is 1. The summed E-state index contributed by atoms with van der Waals surface area (Å²) in [5.74, 6) is 0.0523. The summed E-state index contributed by atoms with van der Waals surface area (Å²) in [6.45, 7) is 0. The molecule has 1 fully saturated rings. The second-order valence-electron chi connectivity index (χ2n) is 4.42. The van der Waals surface area contributed by atoms with Gasteiger partial charge in [0.15, 0.2) is 5.78 Å². The van der Waals surface area contributed by atoms with Gasteiger partial charge in [-0.25, -0.2) is 0 Å². The zero-order valence-electron chi connectivity index (χ0n) is 10.4. The first-order chi connectivity index (χ1) is 9.61. The van der Waals surface area contributed by atoms with Crippen LogP contribution in [0.15, 0.2) is 42.1 Å². The molecule has 1 aliphatic rings.